The van der Waals surface area contributed by atoms with Crippen molar-refractivity contribution < 1.29 is 9.59 Å². The van der Waals surface area contributed by atoms with Crippen LogP contribution in [-0.2, 0) is 9.59 Å². The van der Waals surface area contributed by atoms with Gasteiger partial charge in [0.05, 0.1) is 25.0 Å². The Labute approximate surface area is 118 Å². The molecule has 0 radical (unpaired) electrons. The van der Waals surface area contributed by atoms with Gasteiger partial charge < -0.3 is 16.4 Å². The van der Waals surface area contributed by atoms with E-state index in [1.165, 1.54) is 6.20 Å². The Morgan fingerprint density at radius 1 is 1.28 bits per heavy atom. The number of nitrogens with zero attached hydrogens (tertiary/aromatic N) is 1. The maximum absolute atomic E-state index is 11.3. The Morgan fingerprint density at radius 2 is 1.94 bits per heavy atom. The first-order valence-electron chi connectivity index (χ1n) is 4.80. The number of halogens is 2. The number of pyridine rings is 1. The number of anilines is 1. The van der Waals surface area contributed by atoms with Crippen molar-refractivity contribution in [1.29, 1.82) is 0 Å². The van der Waals surface area contributed by atoms with Crippen molar-refractivity contribution in [2.45, 2.75) is 6.92 Å². The molecule has 0 aromatic carbocycles. The van der Waals surface area contributed by atoms with Crippen LogP contribution in [0.2, 0.25) is 0 Å². The number of hydrogen-bond donors (Lipinski definition) is 3. The Morgan fingerprint density at radius 3 is 2.50 bits per heavy atom. The number of hydrogen-bond acceptors (Lipinski definition) is 4. The lowest BCUT2D eigenvalue weighted by Crippen LogP contribution is -2.36. The Hall–Kier alpha value is -1.37. The molecule has 4 N–H and O–H groups in total. The number of nitrogens with two attached hydrogens (primary N) is 1. The molecule has 0 aliphatic rings. The molecular formula is C10H16Cl2N4O2. The summed E-state index contributed by atoms with van der Waals surface area (Å²) in [4.78, 5) is 26.1. The second-order valence-corrected chi connectivity index (χ2v) is 3.28. The van der Waals surface area contributed by atoms with Crippen molar-refractivity contribution >= 4 is 42.3 Å². The summed E-state index contributed by atoms with van der Waals surface area (Å²) in [5, 5.41) is 4.98. The third kappa shape index (κ3) is 7.05. The van der Waals surface area contributed by atoms with Gasteiger partial charge in [-0.1, -0.05) is 0 Å². The number of rotatable bonds is 4. The lowest BCUT2D eigenvalue weighted by atomic mass is 10.3. The molecular weight excluding hydrogens is 279 g/mol. The van der Waals surface area contributed by atoms with E-state index in [0.717, 1.165) is 5.56 Å². The molecule has 6 nitrogen and oxygen atoms in total. The average Bonchev–Trinajstić information content (AvgIpc) is 2.26. The number of aryl methyl sites for hydroxylation is 1. The standard InChI is InChI=1S/C10H14N4O2.2ClH/c1-7-2-8(5-12-4-7)14-10(16)6-13-9(15)3-11;;/h2,4-5H,3,6,11H2,1H3,(H,13,15)(H,14,16);2*1H. The molecule has 1 aromatic rings. The fourth-order valence-electron chi connectivity index (χ4n) is 1.08. The summed E-state index contributed by atoms with van der Waals surface area (Å²) in [7, 11) is 0. The van der Waals surface area contributed by atoms with Gasteiger partial charge in [-0.25, -0.2) is 0 Å². The molecule has 102 valence electrons. The molecule has 0 unspecified atom stereocenters. The first kappa shape index (κ1) is 19.0. The van der Waals surface area contributed by atoms with Crippen LogP contribution in [0.3, 0.4) is 0 Å². The van der Waals surface area contributed by atoms with E-state index >= 15 is 0 Å². The number of amides is 2. The summed E-state index contributed by atoms with van der Waals surface area (Å²) in [6, 6.07) is 1.79. The van der Waals surface area contributed by atoms with Gasteiger partial charge in [0.2, 0.25) is 11.8 Å². The van der Waals surface area contributed by atoms with E-state index in [0.29, 0.717) is 5.69 Å². The average molecular weight is 295 g/mol. The normalized spacial score (nSPS) is 8.56. The van der Waals surface area contributed by atoms with Crippen molar-refractivity contribution in [2.24, 2.45) is 5.73 Å². The van der Waals surface area contributed by atoms with Gasteiger partial charge in [0.25, 0.3) is 0 Å². The van der Waals surface area contributed by atoms with Gasteiger partial charge in [-0.15, -0.1) is 24.8 Å². The number of nitrogens with one attached hydrogen (secondary N) is 2. The van der Waals surface area contributed by atoms with Gasteiger partial charge in [0.15, 0.2) is 0 Å². The SMILES string of the molecule is Cc1cncc(NC(=O)CNC(=O)CN)c1.Cl.Cl. The predicted molar refractivity (Wildman–Crippen MR) is 74.2 cm³/mol. The van der Waals surface area contributed by atoms with Gasteiger partial charge >= 0.3 is 0 Å². The molecule has 0 fully saturated rings. The van der Waals surface area contributed by atoms with Crippen LogP contribution < -0.4 is 16.4 Å². The predicted octanol–water partition coefficient (Wildman–Crippen LogP) is 0.247. The highest BCUT2D eigenvalue weighted by Gasteiger charge is 2.04. The summed E-state index contributed by atoms with van der Waals surface area (Å²) in [6.45, 7) is 1.65. The third-order valence-corrected chi connectivity index (χ3v) is 1.79. The molecule has 1 heterocycles. The molecule has 1 rings (SSSR count). The molecule has 18 heavy (non-hydrogen) atoms. The van der Waals surface area contributed by atoms with Crippen LogP contribution in [0.15, 0.2) is 18.5 Å². The van der Waals surface area contributed by atoms with E-state index in [1.54, 1.807) is 12.3 Å². The summed E-state index contributed by atoms with van der Waals surface area (Å²) in [6.07, 6.45) is 3.22. The van der Waals surface area contributed by atoms with Crippen LogP contribution in [0, 0.1) is 6.92 Å². The lowest BCUT2D eigenvalue weighted by Gasteiger charge is -2.06. The Bertz CT molecular complexity index is 401. The van der Waals surface area contributed by atoms with Gasteiger partial charge in [-0.2, -0.15) is 0 Å². The zero-order valence-electron chi connectivity index (χ0n) is 9.80. The van der Waals surface area contributed by atoms with Crippen molar-refractivity contribution in [1.82, 2.24) is 10.3 Å². The van der Waals surface area contributed by atoms with E-state index in [9.17, 15) is 9.59 Å². The second kappa shape index (κ2) is 9.64. The maximum atomic E-state index is 11.3. The largest absolute Gasteiger partial charge is 0.346 e. The van der Waals surface area contributed by atoms with Crippen LogP contribution in [0.5, 0.6) is 0 Å². The highest BCUT2D eigenvalue weighted by molar-refractivity contribution is 5.94. The van der Waals surface area contributed by atoms with Gasteiger partial charge in [0.1, 0.15) is 0 Å². The summed E-state index contributed by atoms with van der Waals surface area (Å²) in [5.74, 6) is -0.674. The summed E-state index contributed by atoms with van der Waals surface area (Å²) in [5.41, 5.74) is 6.63. The van der Waals surface area contributed by atoms with Crippen LogP contribution in [0.25, 0.3) is 0 Å². The highest BCUT2D eigenvalue weighted by atomic mass is 35.5. The minimum atomic E-state index is -0.363. The Balaban J connectivity index is 0. The van der Waals surface area contributed by atoms with Crippen molar-refractivity contribution in [3.8, 4) is 0 Å². The van der Waals surface area contributed by atoms with Gasteiger partial charge in [-0.05, 0) is 18.6 Å². The zero-order chi connectivity index (χ0) is 12.0. The monoisotopic (exact) mass is 294 g/mol. The molecule has 0 saturated heterocycles. The third-order valence-electron chi connectivity index (χ3n) is 1.79. The Kier molecular flexibility index (Phi) is 10.2. The molecule has 8 heteroatoms. The smallest absolute Gasteiger partial charge is 0.243 e. The number of carbonyl (C=O) groups is 2. The van der Waals surface area contributed by atoms with E-state index in [2.05, 4.69) is 15.6 Å². The van der Waals surface area contributed by atoms with Crippen LogP contribution in [0.4, 0.5) is 5.69 Å². The minimum Gasteiger partial charge on any atom is -0.346 e. The van der Waals surface area contributed by atoms with Crippen molar-refractivity contribution in [3.05, 3.63) is 24.0 Å². The van der Waals surface area contributed by atoms with Crippen molar-refractivity contribution in [2.75, 3.05) is 18.4 Å². The fraction of sp³-hybridized carbons (Fsp3) is 0.300. The molecule has 0 spiro atoms. The van der Waals surface area contributed by atoms with Crippen LogP contribution in [-0.4, -0.2) is 29.9 Å². The second-order valence-electron chi connectivity index (χ2n) is 3.28. The first-order valence-corrected chi connectivity index (χ1v) is 4.80. The summed E-state index contributed by atoms with van der Waals surface area (Å²) < 4.78 is 0. The number of aromatic nitrogens is 1. The van der Waals surface area contributed by atoms with E-state index in [-0.39, 0.29) is 49.7 Å². The minimum absolute atomic E-state index is 0. The van der Waals surface area contributed by atoms with E-state index in [1.807, 2.05) is 6.92 Å². The first-order chi connectivity index (χ1) is 7.61. The zero-order valence-corrected chi connectivity index (χ0v) is 11.4. The summed E-state index contributed by atoms with van der Waals surface area (Å²) >= 11 is 0. The molecule has 0 atom stereocenters. The molecule has 1 aromatic heterocycles. The molecule has 2 amide bonds. The number of carbonyl (C=O) groups excluding carboxylic acids is 2. The fourth-order valence-corrected chi connectivity index (χ4v) is 1.08. The van der Waals surface area contributed by atoms with Crippen molar-refractivity contribution in [3.63, 3.8) is 0 Å². The molecule has 0 aliphatic heterocycles. The topological polar surface area (TPSA) is 97.1 Å². The van der Waals surface area contributed by atoms with Gasteiger partial charge in [-0.3, -0.25) is 14.6 Å². The van der Waals surface area contributed by atoms with Crippen LogP contribution in [0.1, 0.15) is 5.56 Å². The maximum Gasteiger partial charge on any atom is 0.243 e. The molecule has 0 bridgehead atoms. The van der Waals surface area contributed by atoms with E-state index < -0.39 is 0 Å². The molecule has 0 aliphatic carbocycles. The van der Waals surface area contributed by atoms with Crippen LogP contribution >= 0.6 is 24.8 Å². The van der Waals surface area contributed by atoms with E-state index in [4.69, 9.17) is 5.73 Å². The van der Waals surface area contributed by atoms with Gasteiger partial charge in [0, 0.05) is 6.20 Å². The quantitative estimate of drug-likeness (QED) is 0.741. The molecule has 0 saturated carbocycles. The highest BCUT2D eigenvalue weighted by Crippen LogP contribution is 2.06. The lowest BCUT2D eigenvalue weighted by molar-refractivity contribution is -0.123.